The largest absolute Gasteiger partial charge is 0.486 e. The summed E-state index contributed by atoms with van der Waals surface area (Å²) in [6, 6.07) is 71.9. The molecule has 0 atom stereocenters. The van der Waals surface area contributed by atoms with Crippen molar-refractivity contribution in [3.05, 3.63) is 216 Å². The summed E-state index contributed by atoms with van der Waals surface area (Å²) in [7, 11) is 0. The Bertz CT molecular complexity index is 4510. The third-order valence-electron chi connectivity index (χ3n) is 18.2. The summed E-state index contributed by atoms with van der Waals surface area (Å²) in [5.41, 5.74) is 21.9. The number of hydrogen-bond acceptors (Lipinski definition) is 8. The standard InChI is InChI=1S/C75H64BN3O5/c1-73(2,3)49-23-27-51(28-24-49)78-61-32-25-50(74(4,5)6)41-60(61)76-59-31-33-67-72(83-37-35-81-67)70(59)79(62-17-13-19-66-71(62)82-36-34-80-66)64-44-54(43-63(78)69(64)76)77(53-29-30-56-55-15-10-11-16-57(55)75(7,8)58(56)42-53)52-26-22-45-38-48(21-20-46(45)39-52)68-40-47-14-9-12-18-65(47)84-68/h9-33,38-44H,34-37H2,1-8H3. The first-order valence-corrected chi connectivity index (χ1v) is 29.6. The summed E-state index contributed by atoms with van der Waals surface area (Å²) >= 11 is 0. The molecule has 0 bridgehead atoms. The van der Waals surface area contributed by atoms with Crippen LogP contribution in [-0.4, -0.2) is 33.1 Å². The number of furan rings is 1. The van der Waals surface area contributed by atoms with Gasteiger partial charge in [-0.1, -0.05) is 159 Å². The molecule has 0 unspecified atom stereocenters. The molecule has 84 heavy (non-hydrogen) atoms. The number of benzene rings is 10. The van der Waals surface area contributed by atoms with Gasteiger partial charge in [-0.3, -0.25) is 0 Å². The van der Waals surface area contributed by atoms with Gasteiger partial charge in [0.25, 0.3) is 6.71 Å². The molecule has 4 aliphatic heterocycles. The summed E-state index contributed by atoms with van der Waals surface area (Å²) in [5.74, 6) is 3.68. The maximum Gasteiger partial charge on any atom is 0.252 e. The van der Waals surface area contributed by atoms with Crippen LogP contribution in [-0.2, 0) is 16.2 Å². The van der Waals surface area contributed by atoms with Crippen molar-refractivity contribution in [3.63, 3.8) is 0 Å². The Morgan fingerprint density at radius 2 is 1.12 bits per heavy atom. The zero-order valence-electron chi connectivity index (χ0n) is 48.8. The molecule has 11 aromatic rings. The van der Waals surface area contributed by atoms with Gasteiger partial charge in [0.15, 0.2) is 23.0 Å². The first kappa shape index (κ1) is 50.4. The first-order chi connectivity index (χ1) is 40.7. The van der Waals surface area contributed by atoms with E-state index < -0.39 is 0 Å². The summed E-state index contributed by atoms with van der Waals surface area (Å²) < 4.78 is 33.0. The molecule has 8 nitrogen and oxygen atoms in total. The summed E-state index contributed by atoms with van der Waals surface area (Å²) in [4.78, 5) is 7.40. The van der Waals surface area contributed by atoms with Crippen LogP contribution in [0.15, 0.2) is 199 Å². The first-order valence-electron chi connectivity index (χ1n) is 29.6. The highest BCUT2D eigenvalue weighted by atomic mass is 16.6. The van der Waals surface area contributed by atoms with E-state index in [1.807, 2.05) is 18.2 Å². The van der Waals surface area contributed by atoms with E-state index >= 15 is 0 Å². The molecule has 16 rings (SSSR count). The molecule has 5 aliphatic rings. The molecule has 0 amide bonds. The van der Waals surface area contributed by atoms with Crippen LogP contribution in [0.5, 0.6) is 23.0 Å². The molecule has 5 heterocycles. The highest BCUT2D eigenvalue weighted by Crippen LogP contribution is 2.56. The number of anilines is 9. The van der Waals surface area contributed by atoms with Gasteiger partial charge < -0.3 is 38.1 Å². The van der Waals surface area contributed by atoms with Crippen molar-refractivity contribution in [2.75, 3.05) is 41.1 Å². The van der Waals surface area contributed by atoms with Crippen molar-refractivity contribution in [3.8, 4) is 45.4 Å². The lowest BCUT2D eigenvalue weighted by Crippen LogP contribution is -2.61. The molecule has 0 saturated heterocycles. The zero-order valence-corrected chi connectivity index (χ0v) is 48.8. The second-order valence-electron chi connectivity index (χ2n) is 25.8. The van der Waals surface area contributed by atoms with E-state index in [1.165, 1.54) is 44.3 Å². The maximum absolute atomic E-state index is 6.90. The van der Waals surface area contributed by atoms with E-state index in [4.69, 9.17) is 23.4 Å². The van der Waals surface area contributed by atoms with Gasteiger partial charge >= 0.3 is 0 Å². The van der Waals surface area contributed by atoms with Crippen molar-refractivity contribution in [1.29, 1.82) is 0 Å². The van der Waals surface area contributed by atoms with Crippen LogP contribution in [0.1, 0.15) is 77.6 Å². The van der Waals surface area contributed by atoms with Crippen LogP contribution in [0.2, 0.25) is 0 Å². The topological polar surface area (TPSA) is 59.8 Å². The van der Waals surface area contributed by atoms with Gasteiger partial charge in [-0.15, -0.1) is 0 Å². The van der Waals surface area contributed by atoms with Gasteiger partial charge in [0.2, 0.25) is 0 Å². The third-order valence-corrected chi connectivity index (χ3v) is 18.2. The predicted octanol–water partition coefficient (Wildman–Crippen LogP) is 17.2. The number of fused-ring (bicyclic) bond motifs is 12. The van der Waals surface area contributed by atoms with E-state index in [-0.39, 0.29) is 23.0 Å². The minimum absolute atomic E-state index is 0.0407. The monoisotopic (exact) mass is 1100 g/mol. The Labute approximate surface area is 491 Å². The average Bonchev–Trinajstić information content (AvgIpc) is 0.879. The van der Waals surface area contributed by atoms with Crippen LogP contribution in [0.25, 0.3) is 44.2 Å². The molecular weight excluding hydrogens is 1030 g/mol. The van der Waals surface area contributed by atoms with E-state index in [0.717, 1.165) is 95.5 Å². The second-order valence-corrected chi connectivity index (χ2v) is 25.8. The molecule has 0 fully saturated rings. The van der Waals surface area contributed by atoms with E-state index in [1.54, 1.807) is 0 Å². The fourth-order valence-corrected chi connectivity index (χ4v) is 14.0. The van der Waals surface area contributed by atoms with Crippen LogP contribution < -0.4 is 50.0 Å². The third kappa shape index (κ3) is 7.73. The Morgan fingerprint density at radius 1 is 0.452 bits per heavy atom. The quantitative estimate of drug-likeness (QED) is 0.153. The van der Waals surface area contributed by atoms with E-state index in [2.05, 4.69) is 246 Å². The molecule has 412 valence electrons. The number of rotatable bonds is 6. The Hall–Kier alpha value is -9.34. The number of hydrogen-bond donors (Lipinski definition) is 0. The van der Waals surface area contributed by atoms with Gasteiger partial charge in [0, 0.05) is 50.5 Å². The van der Waals surface area contributed by atoms with Crippen LogP contribution in [0.4, 0.5) is 51.2 Å². The summed E-state index contributed by atoms with van der Waals surface area (Å²) in [6.45, 7) is 20.1. The molecule has 0 N–H and O–H groups in total. The van der Waals surface area contributed by atoms with Crippen molar-refractivity contribution in [2.24, 2.45) is 0 Å². The Morgan fingerprint density at radius 3 is 1.92 bits per heavy atom. The van der Waals surface area contributed by atoms with Gasteiger partial charge in [-0.2, -0.15) is 0 Å². The average molecular weight is 1100 g/mol. The van der Waals surface area contributed by atoms with Crippen molar-refractivity contribution in [1.82, 2.24) is 0 Å². The van der Waals surface area contributed by atoms with E-state index in [0.29, 0.717) is 43.7 Å². The number of para-hydroxylation sites is 2. The molecule has 1 aromatic heterocycles. The minimum atomic E-state index is -0.249. The van der Waals surface area contributed by atoms with Crippen LogP contribution >= 0.6 is 0 Å². The lowest BCUT2D eigenvalue weighted by molar-refractivity contribution is 0.171. The molecule has 10 aromatic carbocycles. The SMILES string of the molecule is CC(C)(C)c1ccc(N2c3ccc(C(C)(C)C)cc3B3c4ccc5c(c4N(c4cccc6c4OCCO6)c4cc(N(c6ccc7c(c6)C(C)(C)c6ccccc6-7)c6ccc7cc(-c8cc9ccccc9o8)ccc7c6)cc2c43)OCCO5)cc1. The molecule has 9 heteroatoms. The maximum atomic E-state index is 6.90. The molecule has 0 spiro atoms. The minimum Gasteiger partial charge on any atom is -0.486 e. The van der Waals surface area contributed by atoms with Crippen LogP contribution in [0, 0.1) is 0 Å². The number of ether oxygens (including phenoxy) is 4. The van der Waals surface area contributed by atoms with Gasteiger partial charge in [-0.25, -0.2) is 0 Å². The smallest absolute Gasteiger partial charge is 0.252 e. The second kappa shape index (κ2) is 18.3. The summed E-state index contributed by atoms with van der Waals surface area (Å²) in [5, 5.41) is 3.32. The van der Waals surface area contributed by atoms with Gasteiger partial charge in [0.1, 0.15) is 37.8 Å². The van der Waals surface area contributed by atoms with Crippen molar-refractivity contribution in [2.45, 2.75) is 71.6 Å². The van der Waals surface area contributed by atoms with E-state index in [9.17, 15) is 0 Å². The Balaban J connectivity index is 1.00. The molecular formula is C75H64BN3O5. The lowest BCUT2D eigenvalue weighted by atomic mass is 9.33. The zero-order chi connectivity index (χ0) is 57.0. The summed E-state index contributed by atoms with van der Waals surface area (Å²) in [6.07, 6.45) is 0. The van der Waals surface area contributed by atoms with Crippen molar-refractivity contribution < 1.29 is 23.4 Å². The predicted molar refractivity (Wildman–Crippen MR) is 345 cm³/mol. The molecule has 1 aliphatic carbocycles. The van der Waals surface area contributed by atoms with Gasteiger partial charge in [0.05, 0.1) is 17.1 Å². The number of nitrogens with zero attached hydrogens (tertiary/aromatic N) is 3. The van der Waals surface area contributed by atoms with Crippen molar-refractivity contribution >= 4 is 96.0 Å². The van der Waals surface area contributed by atoms with Gasteiger partial charge in [-0.05, 0) is 162 Å². The molecule has 0 radical (unpaired) electrons. The fraction of sp³-hybridized carbons (Fsp3) is 0.200. The highest BCUT2D eigenvalue weighted by molar-refractivity contribution is 7.00. The molecule has 0 saturated carbocycles. The Kier molecular flexibility index (Phi) is 11.0. The lowest BCUT2D eigenvalue weighted by Gasteiger charge is -2.46. The fourth-order valence-electron chi connectivity index (χ4n) is 14.0. The van der Waals surface area contributed by atoms with Crippen LogP contribution in [0.3, 0.4) is 0 Å². The highest BCUT2D eigenvalue weighted by Gasteiger charge is 2.47. The normalized spacial score (nSPS) is 15.1.